The van der Waals surface area contributed by atoms with E-state index in [0.29, 0.717) is 5.56 Å². The molecule has 1 rings (SSSR count). The Balaban J connectivity index is 3.16. The van der Waals surface area contributed by atoms with Gasteiger partial charge in [0.05, 0.1) is 12.2 Å². The third-order valence-corrected chi connectivity index (χ3v) is 9.86. The van der Waals surface area contributed by atoms with Gasteiger partial charge in [-0.3, -0.25) is 0 Å². The number of carbonyl (C=O) groups excluding carboxylic acids is 2. The highest BCUT2D eigenvalue weighted by Crippen LogP contribution is 2.32. The maximum absolute atomic E-state index is 12.0. The summed E-state index contributed by atoms with van der Waals surface area (Å²) < 4.78 is 9.29. The summed E-state index contributed by atoms with van der Waals surface area (Å²) in [4.78, 5) is 22.2. The highest BCUT2D eigenvalue weighted by Gasteiger charge is 2.22. The SMILES string of the molecule is Cc1c(I)c(I)c(I)c(I)c1C(=O)OCCC=O. The Bertz CT molecular complexity index is 471. The van der Waals surface area contributed by atoms with Crippen LogP contribution in [-0.2, 0) is 9.53 Å². The van der Waals surface area contributed by atoms with Crippen molar-refractivity contribution >= 4 is 103 Å². The van der Waals surface area contributed by atoms with Gasteiger partial charge in [0.25, 0.3) is 0 Å². The summed E-state index contributed by atoms with van der Waals surface area (Å²) in [5.74, 6) is -0.356. The molecule has 1 aromatic rings. The third-order valence-electron chi connectivity index (χ3n) is 2.17. The topological polar surface area (TPSA) is 43.4 Å². The number of hydrogen-bond donors (Lipinski definition) is 0. The normalized spacial score (nSPS) is 10.3. The molecular formula is C11H8I4O3. The first kappa shape index (κ1) is 17.3. The molecule has 0 saturated carbocycles. The van der Waals surface area contributed by atoms with E-state index in [4.69, 9.17) is 4.74 Å². The maximum atomic E-state index is 12.0. The van der Waals surface area contributed by atoms with Crippen molar-refractivity contribution < 1.29 is 14.3 Å². The molecule has 0 aliphatic heterocycles. The van der Waals surface area contributed by atoms with Crippen LogP contribution in [0.4, 0.5) is 0 Å². The van der Waals surface area contributed by atoms with E-state index in [-0.39, 0.29) is 19.0 Å². The monoisotopic (exact) mass is 696 g/mol. The minimum Gasteiger partial charge on any atom is -0.462 e. The fourth-order valence-electron chi connectivity index (χ4n) is 1.26. The number of aldehydes is 1. The summed E-state index contributed by atoms with van der Waals surface area (Å²) >= 11 is 8.91. The predicted molar refractivity (Wildman–Crippen MR) is 103 cm³/mol. The van der Waals surface area contributed by atoms with E-state index in [2.05, 4.69) is 90.4 Å². The lowest BCUT2D eigenvalue weighted by Gasteiger charge is -2.13. The number of benzene rings is 1. The largest absolute Gasteiger partial charge is 0.462 e. The van der Waals surface area contributed by atoms with Crippen LogP contribution < -0.4 is 0 Å². The van der Waals surface area contributed by atoms with E-state index < -0.39 is 0 Å². The fourth-order valence-corrected chi connectivity index (χ4v) is 4.94. The molecule has 0 unspecified atom stereocenters. The number of esters is 1. The van der Waals surface area contributed by atoms with Crippen molar-refractivity contribution in [3.8, 4) is 0 Å². The average molecular weight is 696 g/mol. The number of hydrogen-bond acceptors (Lipinski definition) is 3. The standard InChI is InChI=1S/C11H8I4O3/c1-5-6(11(17)18-4-2-3-16)8(13)10(15)9(14)7(5)12/h3H,2,4H2,1H3. The molecule has 3 nitrogen and oxygen atoms in total. The van der Waals surface area contributed by atoms with Crippen molar-refractivity contribution in [2.24, 2.45) is 0 Å². The molecule has 0 fully saturated rings. The van der Waals surface area contributed by atoms with E-state index in [1.54, 1.807) is 0 Å². The molecule has 18 heavy (non-hydrogen) atoms. The smallest absolute Gasteiger partial charge is 0.339 e. The molecule has 0 aliphatic carbocycles. The number of carbonyl (C=O) groups is 2. The predicted octanol–water partition coefficient (Wildman–Crippen LogP) is 4.16. The molecule has 0 spiro atoms. The summed E-state index contributed by atoms with van der Waals surface area (Å²) in [6.07, 6.45) is 0.979. The van der Waals surface area contributed by atoms with Crippen molar-refractivity contribution in [1.82, 2.24) is 0 Å². The second-order valence-electron chi connectivity index (χ2n) is 3.35. The quantitative estimate of drug-likeness (QED) is 0.119. The van der Waals surface area contributed by atoms with E-state index in [1.807, 2.05) is 6.92 Å². The Kier molecular flexibility index (Phi) is 7.61. The highest BCUT2D eigenvalue weighted by atomic mass is 127. The van der Waals surface area contributed by atoms with Gasteiger partial charge in [-0.1, -0.05) is 0 Å². The van der Waals surface area contributed by atoms with E-state index in [0.717, 1.165) is 26.1 Å². The van der Waals surface area contributed by atoms with Crippen molar-refractivity contribution in [2.75, 3.05) is 6.61 Å². The van der Waals surface area contributed by atoms with Crippen molar-refractivity contribution in [1.29, 1.82) is 0 Å². The van der Waals surface area contributed by atoms with Crippen molar-refractivity contribution in [3.05, 3.63) is 25.4 Å². The molecule has 0 heterocycles. The first-order chi connectivity index (χ1) is 8.41. The summed E-state index contributed by atoms with van der Waals surface area (Å²) in [6.45, 7) is 2.05. The zero-order valence-electron chi connectivity index (χ0n) is 9.23. The summed E-state index contributed by atoms with van der Waals surface area (Å²) in [7, 11) is 0. The lowest BCUT2D eigenvalue weighted by Crippen LogP contribution is -2.13. The number of rotatable bonds is 4. The fraction of sp³-hybridized carbons (Fsp3) is 0.273. The molecular weight excluding hydrogens is 688 g/mol. The molecule has 0 N–H and O–H groups in total. The van der Waals surface area contributed by atoms with Crippen LogP contribution in [0.2, 0.25) is 0 Å². The average Bonchev–Trinajstić information content (AvgIpc) is 2.34. The highest BCUT2D eigenvalue weighted by molar-refractivity contribution is 14.1. The van der Waals surface area contributed by atoms with Crippen LogP contribution in [0.1, 0.15) is 22.3 Å². The van der Waals surface area contributed by atoms with Gasteiger partial charge in [0.1, 0.15) is 6.29 Å². The van der Waals surface area contributed by atoms with E-state index in [9.17, 15) is 9.59 Å². The van der Waals surface area contributed by atoms with Gasteiger partial charge < -0.3 is 9.53 Å². The van der Waals surface area contributed by atoms with Gasteiger partial charge >= 0.3 is 5.97 Å². The summed E-state index contributed by atoms with van der Waals surface area (Å²) in [5, 5.41) is 0. The Hall–Kier alpha value is 1.28. The Morgan fingerprint density at radius 1 is 1.11 bits per heavy atom. The Morgan fingerprint density at radius 3 is 2.22 bits per heavy atom. The van der Waals surface area contributed by atoms with Gasteiger partial charge in [0.2, 0.25) is 0 Å². The molecule has 0 radical (unpaired) electrons. The molecule has 0 bridgehead atoms. The molecule has 0 aliphatic rings. The molecule has 98 valence electrons. The summed E-state index contributed by atoms with van der Waals surface area (Å²) in [5.41, 5.74) is 1.54. The minimum absolute atomic E-state index is 0.136. The van der Waals surface area contributed by atoms with Crippen LogP contribution in [-0.4, -0.2) is 18.9 Å². The lowest BCUT2D eigenvalue weighted by molar-refractivity contribution is -0.108. The van der Waals surface area contributed by atoms with Crippen molar-refractivity contribution in [3.63, 3.8) is 0 Å². The van der Waals surface area contributed by atoms with Gasteiger partial charge in [-0.25, -0.2) is 4.79 Å². The first-order valence-electron chi connectivity index (χ1n) is 4.85. The van der Waals surface area contributed by atoms with Gasteiger partial charge in [0, 0.05) is 20.7 Å². The second-order valence-corrected chi connectivity index (χ2v) is 7.66. The van der Waals surface area contributed by atoms with Crippen LogP contribution in [0.3, 0.4) is 0 Å². The second kappa shape index (κ2) is 7.90. The van der Waals surface area contributed by atoms with Gasteiger partial charge in [-0.15, -0.1) is 0 Å². The molecule has 1 aromatic carbocycles. The number of ether oxygens (including phenoxy) is 1. The zero-order valence-corrected chi connectivity index (χ0v) is 17.9. The van der Waals surface area contributed by atoms with Gasteiger partial charge in [0.15, 0.2) is 0 Å². The summed E-state index contributed by atoms with van der Waals surface area (Å²) in [6, 6.07) is 0. The minimum atomic E-state index is -0.356. The molecule has 0 atom stereocenters. The molecule has 0 amide bonds. The van der Waals surface area contributed by atoms with Crippen LogP contribution in [0.5, 0.6) is 0 Å². The Labute approximate surface area is 160 Å². The maximum Gasteiger partial charge on any atom is 0.339 e. The molecule has 0 aromatic heterocycles. The van der Waals surface area contributed by atoms with E-state index >= 15 is 0 Å². The van der Waals surface area contributed by atoms with Crippen LogP contribution in [0, 0.1) is 21.2 Å². The third kappa shape index (κ3) is 3.90. The molecule has 0 saturated heterocycles. The van der Waals surface area contributed by atoms with E-state index in [1.165, 1.54) is 0 Å². The zero-order chi connectivity index (χ0) is 13.9. The van der Waals surface area contributed by atoms with Gasteiger partial charge in [-0.05, 0) is 103 Å². The number of halogens is 4. The Morgan fingerprint density at radius 2 is 1.67 bits per heavy atom. The van der Waals surface area contributed by atoms with Crippen LogP contribution in [0.25, 0.3) is 0 Å². The van der Waals surface area contributed by atoms with Crippen molar-refractivity contribution in [2.45, 2.75) is 13.3 Å². The van der Waals surface area contributed by atoms with Crippen LogP contribution >= 0.6 is 90.4 Å². The van der Waals surface area contributed by atoms with Crippen LogP contribution in [0.15, 0.2) is 0 Å². The molecule has 7 heteroatoms. The lowest BCUT2D eigenvalue weighted by atomic mass is 10.1. The first-order valence-corrected chi connectivity index (χ1v) is 9.16. The van der Waals surface area contributed by atoms with Gasteiger partial charge in [-0.2, -0.15) is 0 Å².